The van der Waals surface area contributed by atoms with Crippen LogP contribution >= 0.6 is 7.60 Å². The molecule has 84 valence electrons. The van der Waals surface area contributed by atoms with E-state index in [0.29, 0.717) is 0 Å². The first kappa shape index (κ1) is 12.1. The molecule has 0 aromatic rings. The third kappa shape index (κ3) is 2.55. The number of hydrogen-bond donors (Lipinski definition) is 1. The molecule has 0 saturated carbocycles. The first-order chi connectivity index (χ1) is 6.26. The molecule has 0 aromatic heterocycles. The summed E-state index contributed by atoms with van der Waals surface area (Å²) in [6.45, 7) is 7.53. The van der Waals surface area contributed by atoms with Crippen LogP contribution in [0.4, 0.5) is 0 Å². The maximum Gasteiger partial charge on any atom is 0.363 e. The molecule has 1 rings (SSSR count). The Morgan fingerprint density at radius 1 is 1.57 bits per heavy atom. The van der Waals surface area contributed by atoms with Crippen LogP contribution in [0.5, 0.6) is 0 Å². The van der Waals surface area contributed by atoms with E-state index in [1.807, 2.05) is 13.8 Å². The summed E-state index contributed by atoms with van der Waals surface area (Å²) >= 11 is 0. The molecule has 1 N–H and O–H groups in total. The van der Waals surface area contributed by atoms with E-state index in [1.165, 1.54) is 0 Å². The topological polar surface area (TPSA) is 65.0 Å². The highest BCUT2D eigenvalue weighted by molar-refractivity contribution is 7.53. The van der Waals surface area contributed by atoms with Crippen LogP contribution in [0.3, 0.4) is 0 Å². The second kappa shape index (κ2) is 3.91. The smallest absolute Gasteiger partial charge is 0.322 e. The van der Waals surface area contributed by atoms with E-state index in [0.717, 1.165) is 0 Å². The number of rotatable bonds is 4. The number of hydrogen-bond acceptors (Lipinski definition) is 4. The summed E-state index contributed by atoms with van der Waals surface area (Å²) in [6.07, 6.45) is 0. The summed E-state index contributed by atoms with van der Waals surface area (Å²) in [5.74, 6) is -0.690. The van der Waals surface area contributed by atoms with Gasteiger partial charge in [0.15, 0.2) is 0 Å². The highest BCUT2D eigenvalue weighted by atomic mass is 31.2. The highest BCUT2D eigenvalue weighted by Gasteiger charge is 2.45. The fourth-order valence-electron chi connectivity index (χ4n) is 0.779. The molecule has 0 aliphatic carbocycles. The monoisotopic (exact) mass is 224 g/mol. The summed E-state index contributed by atoms with van der Waals surface area (Å²) in [5.41, 5.74) is -0.650. The lowest BCUT2D eigenvalue weighted by Crippen LogP contribution is -2.37. The van der Waals surface area contributed by atoms with Crippen molar-refractivity contribution in [2.24, 2.45) is 5.92 Å². The van der Waals surface area contributed by atoms with Gasteiger partial charge in [0.05, 0.1) is 5.60 Å². The van der Waals surface area contributed by atoms with Gasteiger partial charge >= 0.3 is 7.60 Å². The molecular weight excluding hydrogens is 207 g/mol. The van der Waals surface area contributed by atoms with Crippen molar-refractivity contribution in [3.8, 4) is 0 Å². The molecule has 1 saturated heterocycles. The van der Waals surface area contributed by atoms with Gasteiger partial charge < -0.3 is 9.42 Å². The molecule has 6 heteroatoms. The zero-order chi connectivity index (χ0) is 11.0. The molecule has 2 unspecified atom stereocenters. The van der Waals surface area contributed by atoms with E-state index in [4.69, 9.17) is 4.52 Å². The second-order valence-electron chi connectivity index (χ2n) is 4.25. The van der Waals surface area contributed by atoms with Crippen molar-refractivity contribution in [1.29, 1.82) is 0 Å². The molecule has 1 aliphatic heterocycles. The molecule has 1 aliphatic rings. The van der Waals surface area contributed by atoms with E-state index in [-0.39, 0.29) is 12.5 Å². The predicted molar refractivity (Wildman–Crippen MR) is 50.7 cm³/mol. The third-order valence-corrected chi connectivity index (χ3v) is 4.21. The molecule has 5 nitrogen and oxygen atoms in total. The average Bonchev–Trinajstić information content (AvgIpc) is 1.76. The molecule has 0 radical (unpaired) electrons. The van der Waals surface area contributed by atoms with Crippen LogP contribution in [-0.4, -0.2) is 22.9 Å². The van der Waals surface area contributed by atoms with Gasteiger partial charge in [-0.25, -0.2) is 9.78 Å². The summed E-state index contributed by atoms with van der Waals surface area (Å²) in [7, 11) is -3.72. The van der Waals surface area contributed by atoms with E-state index in [2.05, 4.69) is 9.78 Å². The van der Waals surface area contributed by atoms with E-state index >= 15 is 0 Å². The van der Waals surface area contributed by atoms with Gasteiger partial charge in [-0.1, -0.05) is 13.8 Å². The minimum atomic E-state index is -3.72. The summed E-state index contributed by atoms with van der Waals surface area (Å²) in [6, 6.07) is 0. The Bertz CT molecular complexity index is 246. The first-order valence-electron chi connectivity index (χ1n) is 4.57. The highest BCUT2D eigenvalue weighted by Crippen LogP contribution is 2.54. The Morgan fingerprint density at radius 3 is 2.36 bits per heavy atom. The zero-order valence-electron chi connectivity index (χ0n) is 8.89. The van der Waals surface area contributed by atoms with Gasteiger partial charge in [0.1, 0.15) is 6.61 Å². The van der Waals surface area contributed by atoms with Crippen molar-refractivity contribution in [3.63, 3.8) is 0 Å². The molecule has 0 amide bonds. The van der Waals surface area contributed by atoms with Crippen molar-refractivity contribution >= 4 is 7.60 Å². The van der Waals surface area contributed by atoms with Crippen LogP contribution in [0.25, 0.3) is 0 Å². The lowest BCUT2D eigenvalue weighted by molar-refractivity contribution is -0.403. The van der Waals surface area contributed by atoms with Gasteiger partial charge in [-0.2, -0.15) is 0 Å². The van der Waals surface area contributed by atoms with Gasteiger partial charge in [-0.3, -0.25) is 4.57 Å². The molecule has 0 aromatic carbocycles. The van der Waals surface area contributed by atoms with Gasteiger partial charge in [0, 0.05) is 0 Å². The second-order valence-corrected chi connectivity index (χ2v) is 6.14. The van der Waals surface area contributed by atoms with E-state index < -0.39 is 19.0 Å². The maximum absolute atomic E-state index is 11.6. The fourth-order valence-corrected chi connectivity index (χ4v) is 2.20. The summed E-state index contributed by atoms with van der Waals surface area (Å²) in [5, 5.41) is 0. The SMILES string of the molecule is CC(C)C(C)(C)OP(=O)(O)C1COO1. The average molecular weight is 224 g/mol. The van der Waals surface area contributed by atoms with Crippen molar-refractivity contribution in [2.75, 3.05) is 6.61 Å². The van der Waals surface area contributed by atoms with Crippen LogP contribution in [-0.2, 0) is 18.9 Å². The van der Waals surface area contributed by atoms with Crippen LogP contribution in [0.15, 0.2) is 0 Å². The summed E-state index contributed by atoms with van der Waals surface area (Å²) < 4.78 is 16.8. The zero-order valence-corrected chi connectivity index (χ0v) is 9.78. The Kier molecular flexibility index (Phi) is 3.39. The van der Waals surface area contributed by atoms with Crippen molar-refractivity contribution < 1.29 is 23.8 Å². The predicted octanol–water partition coefficient (Wildman–Crippen LogP) is 1.91. The quantitative estimate of drug-likeness (QED) is 0.583. The van der Waals surface area contributed by atoms with E-state index in [9.17, 15) is 9.46 Å². The molecular formula is C8H17O5P. The molecule has 0 spiro atoms. The van der Waals surface area contributed by atoms with Crippen LogP contribution in [0.2, 0.25) is 0 Å². The van der Waals surface area contributed by atoms with Gasteiger partial charge in [0.25, 0.3) is 0 Å². The lowest BCUT2D eigenvalue weighted by Gasteiger charge is -2.35. The van der Waals surface area contributed by atoms with Crippen molar-refractivity contribution in [2.45, 2.75) is 39.1 Å². The Labute approximate surface area is 83.8 Å². The maximum atomic E-state index is 11.6. The first-order valence-corrected chi connectivity index (χ1v) is 6.22. The Morgan fingerprint density at radius 2 is 2.07 bits per heavy atom. The van der Waals surface area contributed by atoms with Crippen LogP contribution in [0, 0.1) is 5.92 Å². The molecule has 14 heavy (non-hydrogen) atoms. The molecule has 0 bridgehead atoms. The largest absolute Gasteiger partial charge is 0.363 e. The van der Waals surface area contributed by atoms with E-state index in [1.54, 1.807) is 13.8 Å². The minimum Gasteiger partial charge on any atom is -0.322 e. The minimum absolute atomic E-state index is 0.113. The van der Waals surface area contributed by atoms with Gasteiger partial charge in [-0.05, 0) is 19.8 Å². The van der Waals surface area contributed by atoms with Crippen LogP contribution < -0.4 is 0 Å². The van der Waals surface area contributed by atoms with Gasteiger partial charge in [0.2, 0.25) is 5.85 Å². The third-order valence-electron chi connectivity index (χ3n) is 2.51. The fraction of sp³-hybridized carbons (Fsp3) is 1.00. The normalized spacial score (nSPS) is 27.1. The van der Waals surface area contributed by atoms with Crippen molar-refractivity contribution in [1.82, 2.24) is 0 Å². The molecule has 2 atom stereocenters. The molecule has 1 fully saturated rings. The molecule has 1 heterocycles. The van der Waals surface area contributed by atoms with Gasteiger partial charge in [-0.15, -0.1) is 0 Å². The van der Waals surface area contributed by atoms with Crippen LogP contribution in [0.1, 0.15) is 27.7 Å². The Hall–Kier alpha value is 0.0700. The lowest BCUT2D eigenvalue weighted by atomic mass is 9.95. The summed E-state index contributed by atoms with van der Waals surface area (Å²) in [4.78, 5) is 18.4. The standard InChI is InChI=1S/C8H17O5P/c1-6(2)8(3,4)13-14(9,10)7-5-11-12-7/h6-7H,5H2,1-4H3,(H,9,10). The van der Waals surface area contributed by atoms with Crippen molar-refractivity contribution in [3.05, 3.63) is 0 Å². The Balaban J connectivity index is 2.61.